The van der Waals surface area contributed by atoms with Crippen molar-refractivity contribution in [3.05, 3.63) is 64.5 Å². The summed E-state index contributed by atoms with van der Waals surface area (Å²) in [4.78, 5) is 16.7. The summed E-state index contributed by atoms with van der Waals surface area (Å²) in [6.45, 7) is 1.88. The van der Waals surface area contributed by atoms with Crippen molar-refractivity contribution in [1.82, 2.24) is 14.8 Å². The molecule has 0 aliphatic heterocycles. The van der Waals surface area contributed by atoms with Gasteiger partial charge in [0.1, 0.15) is 5.75 Å². The zero-order valence-corrected chi connectivity index (χ0v) is 16.1. The molecule has 1 aromatic carbocycles. The highest BCUT2D eigenvalue weighted by atomic mass is 79.9. The number of carbonyl (C=O) groups excluding carboxylic acids is 1. The number of nitrogens with one attached hydrogen (secondary N) is 1. The van der Waals surface area contributed by atoms with Crippen LogP contribution in [-0.4, -0.2) is 26.2 Å². The molecular formula is C17H12BrClF2N4O2. The Kier molecular flexibility index (Phi) is 5.43. The maximum Gasteiger partial charge on any atom is 0.487 e. The number of ether oxygens (including phenoxy) is 1. The summed E-state index contributed by atoms with van der Waals surface area (Å²) in [6, 6.07) is 8.82. The number of anilines is 1. The fourth-order valence-corrected chi connectivity index (χ4v) is 2.85. The first-order chi connectivity index (χ1) is 12.7. The molecule has 0 aliphatic carbocycles. The van der Waals surface area contributed by atoms with E-state index in [0.29, 0.717) is 21.5 Å². The Morgan fingerprint density at radius 3 is 2.56 bits per heavy atom. The van der Waals surface area contributed by atoms with Crippen LogP contribution in [0.3, 0.4) is 0 Å². The third-order valence-electron chi connectivity index (χ3n) is 3.46. The number of hydrogen-bond donors (Lipinski definition) is 1. The number of benzene rings is 1. The highest BCUT2D eigenvalue weighted by Gasteiger charge is 2.27. The van der Waals surface area contributed by atoms with Crippen molar-refractivity contribution >= 4 is 39.1 Å². The number of carbonyl (C=O) groups is 1. The van der Waals surface area contributed by atoms with Crippen LogP contribution in [0.5, 0.6) is 5.75 Å². The molecule has 0 radical (unpaired) electrons. The van der Waals surface area contributed by atoms with E-state index >= 15 is 0 Å². The molecule has 2 aromatic heterocycles. The van der Waals surface area contributed by atoms with Crippen LogP contribution >= 0.6 is 27.5 Å². The quantitative estimate of drug-likeness (QED) is 0.561. The Bertz CT molecular complexity index is 974. The lowest BCUT2D eigenvalue weighted by atomic mass is 10.2. The summed E-state index contributed by atoms with van der Waals surface area (Å²) in [5.74, 6) is 0.0113. The SMILES string of the molecule is Cc1ccnn1-c1ncc(C(=O)Nc2ccc(OC(F)(F)Cl)cc2)cc1Br. The molecule has 3 rings (SSSR count). The first-order valence-electron chi connectivity index (χ1n) is 7.56. The van der Waals surface area contributed by atoms with Gasteiger partial charge >= 0.3 is 5.57 Å². The molecule has 140 valence electrons. The van der Waals surface area contributed by atoms with Gasteiger partial charge in [0.2, 0.25) is 0 Å². The Hall–Kier alpha value is -2.52. The molecule has 1 amide bonds. The number of hydrogen-bond acceptors (Lipinski definition) is 4. The van der Waals surface area contributed by atoms with E-state index < -0.39 is 11.5 Å². The molecule has 0 bridgehead atoms. The molecule has 0 atom stereocenters. The number of amides is 1. The van der Waals surface area contributed by atoms with E-state index in [1.807, 2.05) is 13.0 Å². The molecule has 0 spiro atoms. The first-order valence-corrected chi connectivity index (χ1v) is 8.74. The fraction of sp³-hybridized carbons (Fsp3) is 0.118. The van der Waals surface area contributed by atoms with E-state index in [2.05, 4.69) is 36.1 Å². The predicted molar refractivity (Wildman–Crippen MR) is 99.6 cm³/mol. The summed E-state index contributed by atoms with van der Waals surface area (Å²) in [7, 11) is 0. The van der Waals surface area contributed by atoms with Gasteiger partial charge in [0, 0.05) is 35.4 Å². The average molecular weight is 458 g/mol. The van der Waals surface area contributed by atoms with Crippen LogP contribution < -0.4 is 10.1 Å². The minimum atomic E-state index is -3.79. The number of alkyl halides is 3. The van der Waals surface area contributed by atoms with Crippen LogP contribution in [0, 0.1) is 6.92 Å². The molecule has 6 nitrogen and oxygen atoms in total. The minimum absolute atomic E-state index is 0.128. The lowest BCUT2D eigenvalue weighted by Gasteiger charge is -2.11. The lowest BCUT2D eigenvalue weighted by molar-refractivity contribution is -0.0964. The van der Waals surface area contributed by atoms with Gasteiger partial charge in [0.25, 0.3) is 5.91 Å². The van der Waals surface area contributed by atoms with Crippen molar-refractivity contribution in [3.8, 4) is 11.6 Å². The van der Waals surface area contributed by atoms with Gasteiger partial charge < -0.3 is 10.1 Å². The van der Waals surface area contributed by atoms with Crippen LogP contribution in [0.2, 0.25) is 0 Å². The van der Waals surface area contributed by atoms with Crippen LogP contribution in [0.1, 0.15) is 16.1 Å². The molecular weight excluding hydrogens is 446 g/mol. The Morgan fingerprint density at radius 1 is 1.30 bits per heavy atom. The maximum atomic E-state index is 12.6. The average Bonchev–Trinajstić information content (AvgIpc) is 3.01. The zero-order chi connectivity index (χ0) is 19.6. The smallest absolute Gasteiger partial charge is 0.420 e. The van der Waals surface area contributed by atoms with Gasteiger partial charge in [0.05, 0.1) is 10.0 Å². The monoisotopic (exact) mass is 456 g/mol. The number of halogens is 4. The third kappa shape index (κ3) is 4.81. The van der Waals surface area contributed by atoms with Crippen molar-refractivity contribution in [2.75, 3.05) is 5.32 Å². The number of pyridine rings is 1. The lowest BCUT2D eigenvalue weighted by Crippen LogP contribution is -2.16. The standard InChI is InChI=1S/C17H12BrClF2N4O2/c1-10-6-7-23-25(10)15-14(18)8-11(9-22-15)16(26)24-12-2-4-13(5-3-12)27-17(19,20)21/h2-9H,1H3,(H,24,26). The molecule has 2 heterocycles. The minimum Gasteiger partial charge on any atom is -0.420 e. The number of aromatic nitrogens is 3. The van der Waals surface area contributed by atoms with Crippen molar-refractivity contribution in [2.24, 2.45) is 0 Å². The Labute approximate surface area is 166 Å². The van der Waals surface area contributed by atoms with Crippen molar-refractivity contribution < 1.29 is 18.3 Å². The van der Waals surface area contributed by atoms with Gasteiger partial charge in [-0.25, -0.2) is 9.67 Å². The summed E-state index contributed by atoms with van der Waals surface area (Å²) >= 11 is 8.09. The van der Waals surface area contributed by atoms with E-state index in [4.69, 9.17) is 11.6 Å². The molecule has 1 N–H and O–H groups in total. The molecule has 0 unspecified atom stereocenters. The normalized spacial score (nSPS) is 11.3. The first kappa shape index (κ1) is 19.2. The second kappa shape index (κ2) is 7.61. The van der Waals surface area contributed by atoms with Gasteiger partial charge in [0.15, 0.2) is 5.82 Å². The summed E-state index contributed by atoms with van der Waals surface area (Å²) in [5, 5.41) is 6.81. The molecule has 10 heteroatoms. The van der Waals surface area contributed by atoms with E-state index in [-0.39, 0.29) is 5.75 Å². The van der Waals surface area contributed by atoms with Gasteiger partial charge in [-0.15, -0.1) is 8.78 Å². The van der Waals surface area contributed by atoms with Gasteiger partial charge in [-0.05, 0) is 59.3 Å². The van der Waals surface area contributed by atoms with E-state index in [0.717, 1.165) is 5.69 Å². The molecule has 3 aromatic rings. The van der Waals surface area contributed by atoms with Gasteiger partial charge in [-0.2, -0.15) is 5.10 Å². The summed E-state index contributed by atoms with van der Waals surface area (Å²) < 4.78 is 31.6. The van der Waals surface area contributed by atoms with Crippen molar-refractivity contribution in [3.63, 3.8) is 0 Å². The van der Waals surface area contributed by atoms with Crippen LogP contribution in [0.25, 0.3) is 5.82 Å². The van der Waals surface area contributed by atoms with Crippen LogP contribution in [-0.2, 0) is 0 Å². The largest absolute Gasteiger partial charge is 0.487 e. The van der Waals surface area contributed by atoms with E-state index in [1.54, 1.807) is 16.9 Å². The zero-order valence-electron chi connectivity index (χ0n) is 13.8. The Balaban J connectivity index is 1.73. The highest BCUT2D eigenvalue weighted by molar-refractivity contribution is 9.10. The molecule has 0 aliphatic rings. The number of aryl methyl sites for hydroxylation is 1. The summed E-state index contributed by atoms with van der Waals surface area (Å²) in [6.07, 6.45) is 3.07. The van der Waals surface area contributed by atoms with E-state index in [1.165, 1.54) is 30.5 Å². The van der Waals surface area contributed by atoms with Crippen molar-refractivity contribution in [1.29, 1.82) is 0 Å². The Morgan fingerprint density at radius 2 is 2.00 bits per heavy atom. The summed E-state index contributed by atoms with van der Waals surface area (Å²) in [5.41, 5.74) is -2.20. The number of rotatable bonds is 5. The topological polar surface area (TPSA) is 69.0 Å². The third-order valence-corrected chi connectivity index (χ3v) is 4.12. The molecule has 0 fully saturated rings. The van der Waals surface area contributed by atoms with Crippen molar-refractivity contribution in [2.45, 2.75) is 12.5 Å². The highest BCUT2D eigenvalue weighted by Crippen LogP contribution is 2.26. The second-order valence-corrected chi connectivity index (χ2v) is 6.73. The van der Waals surface area contributed by atoms with Gasteiger partial charge in [-0.1, -0.05) is 0 Å². The maximum absolute atomic E-state index is 12.6. The van der Waals surface area contributed by atoms with E-state index in [9.17, 15) is 13.6 Å². The molecule has 27 heavy (non-hydrogen) atoms. The molecule has 0 saturated heterocycles. The predicted octanol–water partition coefficient (Wildman–Crippen LogP) is 4.76. The second-order valence-electron chi connectivity index (χ2n) is 5.44. The fourth-order valence-electron chi connectivity index (χ4n) is 2.25. The molecule has 0 saturated carbocycles. The number of nitrogens with zero attached hydrogens (tertiary/aromatic N) is 3. The van der Waals surface area contributed by atoms with Crippen LogP contribution in [0.4, 0.5) is 14.5 Å². The van der Waals surface area contributed by atoms with Crippen LogP contribution in [0.15, 0.2) is 53.3 Å². The van der Waals surface area contributed by atoms with Gasteiger partial charge in [-0.3, -0.25) is 4.79 Å².